The van der Waals surface area contributed by atoms with Crippen molar-refractivity contribution >= 4 is 40.5 Å². The molecule has 0 bridgehead atoms. The Labute approximate surface area is 166 Å². The first-order valence-corrected chi connectivity index (χ1v) is 9.02. The van der Waals surface area contributed by atoms with E-state index in [0.29, 0.717) is 34.6 Å². The molecule has 0 radical (unpaired) electrons. The van der Waals surface area contributed by atoms with Crippen LogP contribution in [0.5, 0.6) is 5.75 Å². The molecule has 1 unspecified atom stereocenters. The minimum atomic E-state index is -0.517. The van der Waals surface area contributed by atoms with Crippen LogP contribution in [0.2, 0.25) is 10.0 Å². The summed E-state index contributed by atoms with van der Waals surface area (Å²) in [6, 6.07) is 9.37. The number of amides is 1. The Balaban J connectivity index is 1.78. The Hall–Kier alpha value is -2.51. The van der Waals surface area contributed by atoms with Gasteiger partial charge in [0, 0.05) is 38.2 Å². The summed E-state index contributed by atoms with van der Waals surface area (Å²) in [6.45, 7) is 1.20. The number of rotatable bonds is 5. The van der Waals surface area contributed by atoms with Gasteiger partial charge in [-0.3, -0.25) is 14.9 Å². The van der Waals surface area contributed by atoms with Gasteiger partial charge in [-0.25, -0.2) is 0 Å². The average Bonchev–Trinajstić information content (AvgIpc) is 3.11. The number of nitrogens with one attached hydrogen (secondary N) is 1. The number of carbonyl (C=O) groups is 1. The second kappa shape index (κ2) is 8.02. The molecule has 9 heteroatoms. The molecule has 7 nitrogen and oxygen atoms in total. The summed E-state index contributed by atoms with van der Waals surface area (Å²) in [5, 5.41) is 14.4. The Kier molecular flexibility index (Phi) is 5.72. The maximum Gasteiger partial charge on any atom is 0.270 e. The molecule has 1 amide bonds. The number of hydrogen-bond donors (Lipinski definition) is 1. The van der Waals surface area contributed by atoms with E-state index in [1.165, 1.54) is 19.2 Å². The molecule has 0 aliphatic carbocycles. The second-order valence-electron chi connectivity index (χ2n) is 6.09. The minimum absolute atomic E-state index is 0.102. The quantitative estimate of drug-likeness (QED) is 0.597. The molecule has 1 heterocycles. The zero-order valence-corrected chi connectivity index (χ0v) is 16.0. The molecular weight excluding hydrogens is 393 g/mol. The van der Waals surface area contributed by atoms with Crippen LogP contribution in [0.4, 0.5) is 11.4 Å². The van der Waals surface area contributed by atoms with Gasteiger partial charge in [-0.2, -0.15) is 0 Å². The molecule has 1 aliphatic heterocycles. The van der Waals surface area contributed by atoms with Gasteiger partial charge in [0.05, 0.1) is 32.8 Å². The number of benzene rings is 2. The standard InChI is InChI=1S/C18H17Cl2N3O4/c1-21-18(24)14-8-11(23(25)26)2-5-17(14)22-7-6-13(10-22)27-12-3-4-15(19)16(20)9-12/h2-5,8-9,13H,6-7,10H2,1H3,(H,21,24). The summed E-state index contributed by atoms with van der Waals surface area (Å²) in [6.07, 6.45) is 0.639. The van der Waals surface area contributed by atoms with Gasteiger partial charge in [0.15, 0.2) is 0 Å². The molecule has 1 aliphatic rings. The number of carbonyl (C=O) groups excluding carboxylic acids is 1. The van der Waals surface area contributed by atoms with Gasteiger partial charge in [0.2, 0.25) is 0 Å². The van der Waals surface area contributed by atoms with Gasteiger partial charge in [-0.05, 0) is 18.2 Å². The monoisotopic (exact) mass is 409 g/mol. The number of non-ortho nitro benzene ring substituents is 1. The van der Waals surface area contributed by atoms with Crippen molar-refractivity contribution in [2.75, 3.05) is 25.0 Å². The van der Waals surface area contributed by atoms with Crippen molar-refractivity contribution in [3.63, 3.8) is 0 Å². The molecule has 1 atom stereocenters. The van der Waals surface area contributed by atoms with Crippen LogP contribution in [0, 0.1) is 10.1 Å². The lowest BCUT2D eigenvalue weighted by Crippen LogP contribution is -2.28. The first-order chi connectivity index (χ1) is 12.9. The van der Waals surface area contributed by atoms with Crippen molar-refractivity contribution in [2.45, 2.75) is 12.5 Å². The van der Waals surface area contributed by atoms with Crippen LogP contribution in [0.1, 0.15) is 16.8 Å². The first-order valence-electron chi connectivity index (χ1n) is 8.26. The lowest BCUT2D eigenvalue weighted by atomic mass is 10.1. The maximum atomic E-state index is 12.2. The zero-order valence-electron chi connectivity index (χ0n) is 14.4. The van der Waals surface area contributed by atoms with Gasteiger partial charge in [-0.1, -0.05) is 23.2 Å². The van der Waals surface area contributed by atoms with E-state index in [0.717, 1.165) is 6.42 Å². The molecule has 0 aromatic heterocycles. The van der Waals surface area contributed by atoms with Crippen LogP contribution in [-0.4, -0.2) is 37.1 Å². The number of ether oxygens (including phenoxy) is 1. The number of nitro groups is 1. The highest BCUT2D eigenvalue weighted by Crippen LogP contribution is 2.31. The van der Waals surface area contributed by atoms with E-state index in [-0.39, 0.29) is 23.3 Å². The molecule has 3 rings (SSSR count). The van der Waals surface area contributed by atoms with E-state index in [4.69, 9.17) is 27.9 Å². The van der Waals surface area contributed by atoms with Crippen LogP contribution in [0.25, 0.3) is 0 Å². The maximum absolute atomic E-state index is 12.2. The number of halogens is 2. The summed E-state index contributed by atoms with van der Waals surface area (Å²) < 4.78 is 5.96. The van der Waals surface area contributed by atoms with Crippen LogP contribution in [-0.2, 0) is 0 Å². The molecule has 1 N–H and O–H groups in total. The van der Waals surface area contributed by atoms with Crippen LogP contribution >= 0.6 is 23.2 Å². The zero-order chi connectivity index (χ0) is 19.6. The van der Waals surface area contributed by atoms with Crippen LogP contribution < -0.4 is 15.0 Å². The van der Waals surface area contributed by atoms with Crippen molar-refractivity contribution in [3.05, 3.63) is 62.1 Å². The fourth-order valence-corrected chi connectivity index (χ4v) is 3.30. The molecule has 1 saturated heterocycles. The summed E-state index contributed by atoms with van der Waals surface area (Å²) in [5.41, 5.74) is 0.780. The third kappa shape index (κ3) is 4.26. The second-order valence-corrected chi connectivity index (χ2v) is 6.90. The average molecular weight is 410 g/mol. The van der Waals surface area contributed by atoms with E-state index in [1.807, 2.05) is 4.90 Å². The SMILES string of the molecule is CNC(=O)c1cc([N+](=O)[O-])ccc1N1CCC(Oc2ccc(Cl)c(Cl)c2)C1. The molecule has 142 valence electrons. The van der Waals surface area contributed by atoms with Crippen molar-refractivity contribution in [1.82, 2.24) is 5.32 Å². The number of nitrogens with zero attached hydrogens (tertiary/aromatic N) is 2. The predicted octanol–water partition coefficient (Wildman–Crippen LogP) is 3.92. The van der Waals surface area contributed by atoms with Gasteiger partial charge >= 0.3 is 0 Å². The highest BCUT2D eigenvalue weighted by molar-refractivity contribution is 6.42. The van der Waals surface area contributed by atoms with Crippen molar-refractivity contribution in [2.24, 2.45) is 0 Å². The summed E-state index contributed by atoms with van der Waals surface area (Å²) in [4.78, 5) is 24.7. The highest BCUT2D eigenvalue weighted by atomic mass is 35.5. The van der Waals surface area contributed by atoms with Gasteiger partial charge in [-0.15, -0.1) is 0 Å². The minimum Gasteiger partial charge on any atom is -0.488 e. The topological polar surface area (TPSA) is 84.7 Å². The van der Waals surface area contributed by atoms with E-state index < -0.39 is 4.92 Å². The molecule has 0 saturated carbocycles. The predicted molar refractivity (Wildman–Crippen MR) is 104 cm³/mol. The molecule has 27 heavy (non-hydrogen) atoms. The Morgan fingerprint density at radius 3 is 2.70 bits per heavy atom. The molecule has 0 spiro atoms. The molecule has 2 aromatic carbocycles. The van der Waals surface area contributed by atoms with Gasteiger partial charge in [0.25, 0.3) is 11.6 Å². The van der Waals surface area contributed by atoms with Crippen molar-refractivity contribution in [1.29, 1.82) is 0 Å². The van der Waals surface area contributed by atoms with Crippen molar-refractivity contribution < 1.29 is 14.5 Å². The molecular formula is C18H17Cl2N3O4. The first kappa shape index (κ1) is 19.3. The number of nitro benzene ring substituents is 1. The Morgan fingerprint density at radius 1 is 1.26 bits per heavy atom. The lowest BCUT2D eigenvalue weighted by molar-refractivity contribution is -0.384. The van der Waals surface area contributed by atoms with E-state index in [2.05, 4.69) is 5.32 Å². The third-order valence-corrected chi connectivity index (χ3v) is 5.08. The fourth-order valence-electron chi connectivity index (χ4n) is 3.02. The summed E-state index contributed by atoms with van der Waals surface area (Å²) in [7, 11) is 1.49. The fraction of sp³-hybridized carbons (Fsp3) is 0.278. The largest absolute Gasteiger partial charge is 0.488 e. The molecule has 1 fully saturated rings. The van der Waals surface area contributed by atoms with Gasteiger partial charge in [0.1, 0.15) is 11.9 Å². The summed E-state index contributed by atoms with van der Waals surface area (Å²) >= 11 is 11.9. The van der Waals surface area contributed by atoms with E-state index >= 15 is 0 Å². The van der Waals surface area contributed by atoms with Gasteiger partial charge < -0.3 is 15.0 Å². The summed E-state index contributed by atoms with van der Waals surface area (Å²) in [5.74, 6) is 0.244. The number of anilines is 1. The van der Waals surface area contributed by atoms with E-state index in [1.54, 1.807) is 24.3 Å². The Morgan fingerprint density at radius 2 is 2.04 bits per heavy atom. The van der Waals surface area contributed by atoms with Crippen LogP contribution in [0.15, 0.2) is 36.4 Å². The normalized spacial score (nSPS) is 16.3. The third-order valence-electron chi connectivity index (χ3n) is 4.34. The Bertz CT molecular complexity index is 891. The number of hydrogen-bond acceptors (Lipinski definition) is 5. The van der Waals surface area contributed by atoms with Crippen LogP contribution in [0.3, 0.4) is 0 Å². The molecule has 2 aromatic rings. The van der Waals surface area contributed by atoms with E-state index in [9.17, 15) is 14.9 Å². The lowest BCUT2D eigenvalue weighted by Gasteiger charge is -2.21. The highest BCUT2D eigenvalue weighted by Gasteiger charge is 2.28. The van der Waals surface area contributed by atoms with Crippen molar-refractivity contribution in [3.8, 4) is 5.75 Å². The smallest absolute Gasteiger partial charge is 0.270 e.